The molecule has 2 atom stereocenters. The van der Waals surface area contributed by atoms with E-state index in [2.05, 4.69) is 10.0 Å². The highest BCUT2D eigenvalue weighted by Gasteiger charge is 2.21. The van der Waals surface area contributed by atoms with Crippen LogP contribution in [-0.2, 0) is 19.6 Å². The van der Waals surface area contributed by atoms with Gasteiger partial charge in [0.15, 0.2) is 0 Å². The van der Waals surface area contributed by atoms with Gasteiger partial charge in [0.25, 0.3) is 0 Å². The van der Waals surface area contributed by atoms with Crippen LogP contribution in [0.4, 0.5) is 0 Å². The van der Waals surface area contributed by atoms with E-state index in [0.717, 1.165) is 25.7 Å². The Hall–Kier alpha value is -1.64. The highest BCUT2D eigenvalue weighted by molar-refractivity contribution is 7.88. The molecule has 1 aliphatic rings. The Kier molecular flexibility index (Phi) is 6.59. The lowest BCUT2D eigenvalue weighted by atomic mass is 10.0. The normalized spacial score (nSPS) is 19.0. The molecule has 2 N–H and O–H groups in total. The lowest BCUT2D eigenvalue weighted by Crippen LogP contribution is -2.36. The van der Waals surface area contributed by atoms with E-state index < -0.39 is 16.1 Å². The fraction of sp³-hybridized carbons (Fsp3) is 0.562. The molecule has 0 spiro atoms. The maximum Gasteiger partial charge on any atom is 0.222 e. The summed E-state index contributed by atoms with van der Waals surface area (Å²) in [6.45, 7) is 1.18. The van der Waals surface area contributed by atoms with Crippen LogP contribution in [0.3, 0.4) is 0 Å². The Bertz CT molecular complexity index is 639. The molecule has 1 fully saturated rings. The summed E-state index contributed by atoms with van der Waals surface area (Å²) < 4.78 is 36.3. The molecule has 0 saturated carbocycles. The summed E-state index contributed by atoms with van der Waals surface area (Å²) in [7, 11) is -1.89. The van der Waals surface area contributed by atoms with Crippen molar-refractivity contribution in [2.45, 2.75) is 31.4 Å². The fourth-order valence-corrected chi connectivity index (χ4v) is 3.35. The number of ether oxygens (including phenoxy) is 2. The highest BCUT2D eigenvalue weighted by atomic mass is 32.2. The van der Waals surface area contributed by atoms with Crippen LogP contribution in [0.1, 0.15) is 30.9 Å². The molecule has 8 heteroatoms. The van der Waals surface area contributed by atoms with Gasteiger partial charge in [0, 0.05) is 19.6 Å². The van der Waals surface area contributed by atoms with Gasteiger partial charge in [0.05, 0.1) is 25.5 Å². The lowest BCUT2D eigenvalue weighted by Gasteiger charge is -2.19. The van der Waals surface area contributed by atoms with E-state index in [0.29, 0.717) is 17.9 Å². The molecule has 0 aliphatic carbocycles. The Balaban J connectivity index is 2.00. The summed E-state index contributed by atoms with van der Waals surface area (Å²) in [4.78, 5) is 12.2. The molecule has 7 nitrogen and oxygen atoms in total. The summed E-state index contributed by atoms with van der Waals surface area (Å²) in [5, 5.41) is 2.81. The molecule has 1 heterocycles. The molecule has 24 heavy (non-hydrogen) atoms. The number of sulfonamides is 1. The first-order valence-corrected chi connectivity index (χ1v) is 9.76. The Morgan fingerprint density at radius 1 is 1.38 bits per heavy atom. The van der Waals surface area contributed by atoms with Crippen LogP contribution in [0.15, 0.2) is 24.3 Å². The molecule has 0 radical (unpaired) electrons. The minimum absolute atomic E-state index is 0.0200. The third kappa shape index (κ3) is 6.10. The van der Waals surface area contributed by atoms with E-state index in [9.17, 15) is 13.2 Å². The van der Waals surface area contributed by atoms with Crippen LogP contribution in [0.25, 0.3) is 0 Å². The Morgan fingerprint density at radius 2 is 2.08 bits per heavy atom. The number of rotatable bonds is 8. The van der Waals surface area contributed by atoms with Gasteiger partial charge in [0.2, 0.25) is 15.9 Å². The maximum absolute atomic E-state index is 12.2. The van der Waals surface area contributed by atoms with Crippen LogP contribution < -0.4 is 14.8 Å². The van der Waals surface area contributed by atoms with Crippen molar-refractivity contribution in [3.05, 3.63) is 29.8 Å². The van der Waals surface area contributed by atoms with Crippen LogP contribution in [-0.4, -0.2) is 46.9 Å². The predicted octanol–water partition coefficient (Wildman–Crippen LogP) is 0.971. The second-order valence-corrected chi connectivity index (χ2v) is 7.64. The van der Waals surface area contributed by atoms with E-state index in [4.69, 9.17) is 9.47 Å². The SMILES string of the molecule is COc1ccc([C@H](CC(=O)NC[C@@H]2CCCO2)NS(C)(=O)=O)cc1. The minimum atomic E-state index is -3.45. The number of amides is 1. The van der Waals surface area contributed by atoms with Gasteiger partial charge in [-0.25, -0.2) is 13.1 Å². The van der Waals surface area contributed by atoms with Gasteiger partial charge in [-0.3, -0.25) is 4.79 Å². The van der Waals surface area contributed by atoms with Crippen molar-refractivity contribution < 1.29 is 22.7 Å². The minimum Gasteiger partial charge on any atom is -0.497 e. The summed E-state index contributed by atoms with van der Waals surface area (Å²) in [6, 6.07) is 6.33. The second-order valence-electron chi connectivity index (χ2n) is 5.86. The summed E-state index contributed by atoms with van der Waals surface area (Å²) in [5.74, 6) is 0.446. The molecule has 0 aromatic heterocycles. The van der Waals surface area contributed by atoms with E-state index >= 15 is 0 Å². The van der Waals surface area contributed by atoms with Crippen molar-refractivity contribution in [1.29, 1.82) is 0 Å². The first-order valence-electron chi connectivity index (χ1n) is 7.87. The van der Waals surface area contributed by atoms with Crippen LogP contribution >= 0.6 is 0 Å². The zero-order chi connectivity index (χ0) is 17.6. The van der Waals surface area contributed by atoms with Gasteiger partial charge in [-0.2, -0.15) is 0 Å². The fourth-order valence-electron chi connectivity index (χ4n) is 2.61. The van der Waals surface area contributed by atoms with Crippen molar-refractivity contribution in [2.75, 3.05) is 26.5 Å². The van der Waals surface area contributed by atoms with Crippen molar-refractivity contribution in [2.24, 2.45) is 0 Å². The summed E-state index contributed by atoms with van der Waals surface area (Å²) >= 11 is 0. The number of hydrogen-bond donors (Lipinski definition) is 2. The van der Waals surface area contributed by atoms with Gasteiger partial charge in [-0.05, 0) is 30.5 Å². The third-order valence-electron chi connectivity index (χ3n) is 3.81. The summed E-state index contributed by atoms with van der Waals surface area (Å²) in [6.07, 6.45) is 3.09. The maximum atomic E-state index is 12.2. The predicted molar refractivity (Wildman–Crippen MR) is 90.3 cm³/mol. The van der Waals surface area contributed by atoms with Gasteiger partial charge in [-0.1, -0.05) is 12.1 Å². The first kappa shape index (κ1) is 18.7. The van der Waals surface area contributed by atoms with E-state index in [1.54, 1.807) is 31.4 Å². The van der Waals surface area contributed by atoms with Gasteiger partial charge in [-0.15, -0.1) is 0 Å². The van der Waals surface area contributed by atoms with Crippen LogP contribution in [0, 0.1) is 0 Å². The molecule has 134 valence electrons. The first-order chi connectivity index (χ1) is 11.4. The smallest absolute Gasteiger partial charge is 0.222 e. The number of hydrogen-bond acceptors (Lipinski definition) is 5. The Labute approximate surface area is 142 Å². The van der Waals surface area contributed by atoms with Crippen LogP contribution in [0.5, 0.6) is 5.75 Å². The number of methoxy groups -OCH3 is 1. The van der Waals surface area contributed by atoms with Crippen molar-refractivity contribution in [3.63, 3.8) is 0 Å². The molecule has 2 rings (SSSR count). The van der Waals surface area contributed by atoms with Crippen molar-refractivity contribution >= 4 is 15.9 Å². The molecule has 1 aliphatic heterocycles. The zero-order valence-electron chi connectivity index (χ0n) is 13.9. The van der Waals surface area contributed by atoms with Crippen molar-refractivity contribution in [3.8, 4) is 5.75 Å². The molecule has 0 unspecified atom stereocenters. The average Bonchev–Trinajstić information content (AvgIpc) is 3.04. The molecule has 1 aromatic rings. The zero-order valence-corrected chi connectivity index (χ0v) is 14.8. The molecular formula is C16H24N2O5S. The van der Waals surface area contributed by atoms with Gasteiger partial charge >= 0.3 is 0 Å². The van der Waals surface area contributed by atoms with Crippen LogP contribution in [0.2, 0.25) is 0 Å². The molecular weight excluding hydrogens is 332 g/mol. The number of carbonyl (C=O) groups excluding carboxylic acids is 1. The standard InChI is InChI=1S/C16H24N2O5S/c1-22-13-7-5-12(6-8-13)15(18-24(2,20)21)10-16(19)17-11-14-4-3-9-23-14/h5-8,14-15,18H,3-4,9-11H2,1-2H3,(H,17,19)/t14-,15-/m0/s1. The van der Waals surface area contributed by atoms with Gasteiger partial charge < -0.3 is 14.8 Å². The number of benzene rings is 1. The topological polar surface area (TPSA) is 93.7 Å². The van der Waals surface area contributed by atoms with Crippen molar-refractivity contribution in [1.82, 2.24) is 10.0 Å². The molecule has 1 amide bonds. The largest absolute Gasteiger partial charge is 0.497 e. The Morgan fingerprint density at radius 3 is 2.62 bits per heavy atom. The lowest BCUT2D eigenvalue weighted by molar-refractivity contribution is -0.122. The van der Waals surface area contributed by atoms with E-state index in [1.807, 2.05) is 0 Å². The summed E-state index contributed by atoms with van der Waals surface area (Å²) in [5.41, 5.74) is 0.702. The van der Waals surface area contributed by atoms with E-state index in [-0.39, 0.29) is 18.4 Å². The second kappa shape index (κ2) is 8.46. The average molecular weight is 356 g/mol. The number of nitrogens with one attached hydrogen (secondary N) is 2. The number of carbonyl (C=O) groups is 1. The quantitative estimate of drug-likeness (QED) is 0.724. The highest BCUT2D eigenvalue weighted by Crippen LogP contribution is 2.21. The van der Waals surface area contributed by atoms with Gasteiger partial charge in [0.1, 0.15) is 5.75 Å². The molecule has 1 saturated heterocycles. The molecule has 1 aromatic carbocycles. The monoisotopic (exact) mass is 356 g/mol. The third-order valence-corrected chi connectivity index (χ3v) is 4.53. The molecule has 0 bridgehead atoms. The van der Waals surface area contributed by atoms with E-state index in [1.165, 1.54) is 0 Å².